The van der Waals surface area contributed by atoms with E-state index in [0.29, 0.717) is 6.42 Å². The standard InChI is InChI=1S/C16H14N2OS2/c19-14(15-8-4-9-20-15)7-3-10-21-16-12-5-1-2-6-13(12)17-11-18-16/h1-2,4-6,8-9,11H,3,7,10H2. The number of carbonyl (C=O) groups is 1. The molecule has 0 saturated heterocycles. The Hall–Kier alpha value is -1.72. The molecule has 0 aliphatic rings. The van der Waals surface area contributed by atoms with E-state index in [1.165, 1.54) is 11.3 Å². The number of aromatic nitrogens is 2. The lowest BCUT2D eigenvalue weighted by Crippen LogP contribution is -1.97. The molecule has 3 rings (SSSR count). The SMILES string of the molecule is O=C(CCCSc1ncnc2ccccc12)c1cccs1. The molecule has 3 nitrogen and oxygen atoms in total. The van der Waals surface area contributed by atoms with Crippen LogP contribution in [-0.4, -0.2) is 21.5 Å². The molecule has 21 heavy (non-hydrogen) atoms. The number of hydrogen-bond acceptors (Lipinski definition) is 5. The Kier molecular flexibility index (Phi) is 4.62. The Morgan fingerprint density at radius 3 is 2.90 bits per heavy atom. The molecule has 3 aromatic rings. The number of para-hydroxylation sites is 1. The van der Waals surface area contributed by atoms with Gasteiger partial charge in [-0.3, -0.25) is 4.79 Å². The maximum atomic E-state index is 11.9. The van der Waals surface area contributed by atoms with Crippen molar-refractivity contribution in [2.45, 2.75) is 17.9 Å². The van der Waals surface area contributed by atoms with Crippen LogP contribution in [0.25, 0.3) is 10.9 Å². The molecule has 0 fully saturated rings. The Balaban J connectivity index is 1.56. The predicted octanol–water partition coefficient (Wildman–Crippen LogP) is 4.45. The highest BCUT2D eigenvalue weighted by molar-refractivity contribution is 7.99. The van der Waals surface area contributed by atoms with Gasteiger partial charge in [-0.15, -0.1) is 23.1 Å². The summed E-state index contributed by atoms with van der Waals surface area (Å²) < 4.78 is 0. The van der Waals surface area contributed by atoms with Gasteiger partial charge in [-0.25, -0.2) is 9.97 Å². The van der Waals surface area contributed by atoms with Crippen molar-refractivity contribution in [1.82, 2.24) is 9.97 Å². The van der Waals surface area contributed by atoms with Gasteiger partial charge in [0.2, 0.25) is 0 Å². The van der Waals surface area contributed by atoms with Crippen molar-refractivity contribution in [2.24, 2.45) is 0 Å². The number of rotatable bonds is 6. The van der Waals surface area contributed by atoms with E-state index in [4.69, 9.17) is 0 Å². The molecule has 0 amide bonds. The van der Waals surface area contributed by atoms with Crippen molar-refractivity contribution in [3.63, 3.8) is 0 Å². The average Bonchev–Trinajstić information content (AvgIpc) is 3.06. The zero-order chi connectivity index (χ0) is 14.5. The zero-order valence-electron chi connectivity index (χ0n) is 11.4. The number of Topliss-reactive ketones (excluding diaryl/α,β-unsaturated/α-hetero) is 1. The number of benzene rings is 1. The van der Waals surface area contributed by atoms with Gasteiger partial charge in [-0.1, -0.05) is 24.3 Å². The summed E-state index contributed by atoms with van der Waals surface area (Å²) in [5, 5.41) is 4.01. The van der Waals surface area contributed by atoms with Crippen molar-refractivity contribution in [2.75, 3.05) is 5.75 Å². The van der Waals surface area contributed by atoms with E-state index >= 15 is 0 Å². The fraction of sp³-hybridized carbons (Fsp3) is 0.188. The van der Waals surface area contributed by atoms with E-state index in [1.54, 1.807) is 18.1 Å². The third-order valence-electron chi connectivity index (χ3n) is 3.09. The molecule has 0 atom stereocenters. The van der Waals surface area contributed by atoms with Crippen molar-refractivity contribution in [1.29, 1.82) is 0 Å². The fourth-order valence-corrected chi connectivity index (χ4v) is 3.68. The van der Waals surface area contributed by atoms with Crippen LogP contribution in [0.15, 0.2) is 53.1 Å². The molecule has 0 unspecified atom stereocenters. The lowest BCUT2D eigenvalue weighted by molar-refractivity contribution is 0.0986. The first-order chi connectivity index (χ1) is 10.3. The van der Waals surface area contributed by atoms with Crippen LogP contribution in [0.3, 0.4) is 0 Å². The van der Waals surface area contributed by atoms with Crippen LogP contribution in [0.2, 0.25) is 0 Å². The molecule has 0 radical (unpaired) electrons. The lowest BCUT2D eigenvalue weighted by Gasteiger charge is -2.04. The highest BCUT2D eigenvalue weighted by atomic mass is 32.2. The zero-order valence-corrected chi connectivity index (χ0v) is 13.0. The highest BCUT2D eigenvalue weighted by Gasteiger charge is 2.07. The summed E-state index contributed by atoms with van der Waals surface area (Å²) in [4.78, 5) is 21.4. The van der Waals surface area contributed by atoms with Gasteiger partial charge in [0.25, 0.3) is 0 Å². The van der Waals surface area contributed by atoms with Gasteiger partial charge in [0.05, 0.1) is 10.4 Å². The molecule has 5 heteroatoms. The van der Waals surface area contributed by atoms with Gasteiger partial charge >= 0.3 is 0 Å². The number of hydrogen-bond donors (Lipinski definition) is 0. The summed E-state index contributed by atoms with van der Waals surface area (Å²) in [5.74, 6) is 1.12. The monoisotopic (exact) mass is 314 g/mol. The first-order valence-corrected chi connectivity index (χ1v) is 8.60. The summed E-state index contributed by atoms with van der Waals surface area (Å²) in [7, 11) is 0. The Morgan fingerprint density at radius 2 is 2.05 bits per heavy atom. The topological polar surface area (TPSA) is 42.9 Å². The van der Waals surface area contributed by atoms with Gasteiger partial charge in [0.15, 0.2) is 5.78 Å². The molecule has 2 heterocycles. The van der Waals surface area contributed by atoms with Crippen LogP contribution in [0.5, 0.6) is 0 Å². The smallest absolute Gasteiger partial charge is 0.172 e. The van der Waals surface area contributed by atoms with E-state index in [9.17, 15) is 4.79 Å². The molecule has 0 spiro atoms. The van der Waals surface area contributed by atoms with Gasteiger partial charge in [0.1, 0.15) is 11.4 Å². The first-order valence-electron chi connectivity index (χ1n) is 6.74. The maximum absolute atomic E-state index is 11.9. The van der Waals surface area contributed by atoms with Crippen LogP contribution < -0.4 is 0 Å². The number of fused-ring (bicyclic) bond motifs is 1. The minimum atomic E-state index is 0.234. The minimum absolute atomic E-state index is 0.234. The van der Waals surface area contributed by atoms with Crippen molar-refractivity contribution < 1.29 is 4.79 Å². The number of carbonyl (C=O) groups excluding carboxylic acids is 1. The molecular formula is C16H14N2OS2. The van der Waals surface area contributed by atoms with Gasteiger partial charge in [-0.2, -0.15) is 0 Å². The van der Waals surface area contributed by atoms with Crippen LogP contribution in [0.1, 0.15) is 22.5 Å². The second kappa shape index (κ2) is 6.83. The van der Waals surface area contributed by atoms with Gasteiger partial charge < -0.3 is 0 Å². The third-order valence-corrected chi connectivity index (χ3v) is 5.09. The van der Waals surface area contributed by atoms with Crippen LogP contribution in [-0.2, 0) is 0 Å². The molecular weight excluding hydrogens is 300 g/mol. The van der Waals surface area contributed by atoms with Crippen molar-refractivity contribution in [3.05, 3.63) is 53.0 Å². The maximum Gasteiger partial charge on any atom is 0.172 e. The minimum Gasteiger partial charge on any atom is -0.293 e. The Bertz CT molecular complexity index is 736. The molecule has 0 aliphatic heterocycles. The molecule has 0 aliphatic carbocycles. The van der Waals surface area contributed by atoms with Crippen LogP contribution >= 0.6 is 23.1 Å². The van der Waals surface area contributed by atoms with Gasteiger partial charge in [-0.05, 0) is 29.7 Å². The third kappa shape index (κ3) is 3.49. The summed E-state index contributed by atoms with van der Waals surface area (Å²) in [6.07, 6.45) is 3.05. The Morgan fingerprint density at radius 1 is 1.14 bits per heavy atom. The Labute approximate surface area is 131 Å². The van der Waals surface area contributed by atoms with E-state index < -0.39 is 0 Å². The lowest BCUT2D eigenvalue weighted by atomic mass is 10.2. The van der Waals surface area contributed by atoms with E-state index in [0.717, 1.165) is 33.0 Å². The summed E-state index contributed by atoms with van der Waals surface area (Å²) in [6, 6.07) is 11.8. The molecule has 0 bridgehead atoms. The summed E-state index contributed by atoms with van der Waals surface area (Å²) >= 11 is 3.20. The second-order valence-corrected chi connectivity index (χ2v) is 6.58. The van der Waals surface area contributed by atoms with Crippen molar-refractivity contribution in [3.8, 4) is 0 Å². The first kappa shape index (κ1) is 14.2. The average molecular weight is 314 g/mol. The largest absolute Gasteiger partial charge is 0.293 e. The predicted molar refractivity (Wildman–Crippen MR) is 88.1 cm³/mol. The quantitative estimate of drug-likeness (QED) is 0.292. The summed E-state index contributed by atoms with van der Waals surface area (Å²) in [5.41, 5.74) is 0.963. The van der Waals surface area contributed by atoms with Crippen molar-refractivity contribution >= 4 is 39.8 Å². The van der Waals surface area contributed by atoms with Gasteiger partial charge in [0, 0.05) is 11.8 Å². The normalized spacial score (nSPS) is 10.9. The second-order valence-electron chi connectivity index (χ2n) is 4.55. The van der Waals surface area contributed by atoms with Crippen LogP contribution in [0.4, 0.5) is 0 Å². The van der Waals surface area contributed by atoms with E-state index in [2.05, 4.69) is 9.97 Å². The number of thiophene rings is 1. The molecule has 2 aromatic heterocycles. The molecule has 0 saturated carbocycles. The molecule has 0 N–H and O–H groups in total. The number of nitrogens with zero attached hydrogens (tertiary/aromatic N) is 2. The molecule has 106 valence electrons. The van der Waals surface area contributed by atoms with E-state index in [-0.39, 0.29) is 5.78 Å². The number of ketones is 1. The number of thioether (sulfide) groups is 1. The van der Waals surface area contributed by atoms with Crippen LogP contribution in [0, 0.1) is 0 Å². The highest BCUT2D eigenvalue weighted by Crippen LogP contribution is 2.25. The fourth-order valence-electron chi connectivity index (χ4n) is 2.06. The molecule has 1 aromatic carbocycles. The summed E-state index contributed by atoms with van der Waals surface area (Å²) in [6.45, 7) is 0. The van der Waals surface area contributed by atoms with E-state index in [1.807, 2.05) is 41.8 Å².